The van der Waals surface area contributed by atoms with E-state index in [1.165, 1.54) is 6.07 Å². The zero-order valence-electron chi connectivity index (χ0n) is 14.7. The Morgan fingerprint density at radius 3 is 2.67 bits per heavy atom. The van der Waals surface area contributed by atoms with Crippen molar-refractivity contribution in [3.63, 3.8) is 0 Å². The van der Waals surface area contributed by atoms with Crippen molar-refractivity contribution in [3.8, 4) is 0 Å². The van der Waals surface area contributed by atoms with Crippen molar-refractivity contribution in [1.29, 1.82) is 0 Å². The Balaban J connectivity index is 1.43. The van der Waals surface area contributed by atoms with Crippen LogP contribution in [-0.4, -0.2) is 52.9 Å². The Bertz CT molecular complexity index is 682. The predicted octanol–water partition coefficient (Wildman–Crippen LogP) is 3.45. The summed E-state index contributed by atoms with van der Waals surface area (Å²) in [5.41, 5.74) is 0.454. The fourth-order valence-electron chi connectivity index (χ4n) is 3.25. The summed E-state index contributed by atoms with van der Waals surface area (Å²) in [5, 5.41) is 14.6. The highest BCUT2D eigenvalue weighted by molar-refractivity contribution is 7.99. The van der Waals surface area contributed by atoms with Crippen molar-refractivity contribution in [3.05, 3.63) is 24.3 Å². The number of alkyl halides is 2. The van der Waals surface area contributed by atoms with E-state index in [0.717, 1.165) is 19.4 Å². The Labute approximate surface area is 160 Å². The minimum Gasteiger partial charge on any atom is -0.480 e. The largest absolute Gasteiger partial charge is 0.480 e. The third-order valence-electron chi connectivity index (χ3n) is 4.81. The van der Waals surface area contributed by atoms with Crippen molar-refractivity contribution in [2.24, 2.45) is 5.92 Å². The van der Waals surface area contributed by atoms with Gasteiger partial charge in [-0.25, -0.2) is 4.79 Å². The van der Waals surface area contributed by atoms with E-state index in [1.807, 2.05) is 4.90 Å². The summed E-state index contributed by atoms with van der Waals surface area (Å²) < 4.78 is 24.9. The molecule has 0 radical (unpaired) electrons. The molecule has 2 saturated carbocycles. The predicted molar refractivity (Wildman–Crippen MR) is 99.2 cm³/mol. The summed E-state index contributed by atoms with van der Waals surface area (Å²) in [7, 11) is 0. The van der Waals surface area contributed by atoms with Gasteiger partial charge in [0.2, 0.25) is 0 Å². The first-order valence-electron chi connectivity index (χ1n) is 8.97. The average Bonchev–Trinajstić information content (AvgIpc) is 3.33. The molecule has 6 nitrogen and oxygen atoms in total. The number of anilines is 1. The monoisotopic (exact) mass is 399 g/mol. The number of nitrogens with one attached hydrogen (secondary N) is 2. The van der Waals surface area contributed by atoms with Crippen LogP contribution in [0.4, 0.5) is 19.3 Å². The van der Waals surface area contributed by atoms with Gasteiger partial charge in [-0.3, -0.25) is 9.69 Å². The number of urea groups is 1. The molecule has 0 saturated heterocycles. The molecule has 0 aromatic heterocycles. The third-order valence-corrected chi connectivity index (χ3v) is 5.51. The van der Waals surface area contributed by atoms with Crippen LogP contribution in [-0.2, 0) is 4.79 Å². The maximum Gasteiger partial charge on any atom is 0.319 e. The number of hydrogen-bond acceptors (Lipinski definition) is 4. The van der Waals surface area contributed by atoms with Crippen LogP contribution in [0, 0.1) is 5.92 Å². The standard InChI is InChI=1S/C18H23F2N3O3S/c19-17(20)27-15-3-1-2-12(8-15)21-18(26)22-13-6-14(7-13)23(10-16(24)25)9-11-4-5-11/h1-3,8,11,13-14,17H,4-7,9-10H2,(H,24,25)(H2,21,22,26). The van der Waals surface area contributed by atoms with E-state index >= 15 is 0 Å². The number of hydrogen-bond donors (Lipinski definition) is 3. The van der Waals surface area contributed by atoms with Gasteiger partial charge in [-0.2, -0.15) is 8.78 Å². The van der Waals surface area contributed by atoms with E-state index in [0.29, 0.717) is 41.1 Å². The van der Waals surface area contributed by atoms with Crippen LogP contribution in [0.15, 0.2) is 29.2 Å². The van der Waals surface area contributed by atoms with Gasteiger partial charge in [0.05, 0.1) is 6.54 Å². The summed E-state index contributed by atoms with van der Waals surface area (Å²) in [4.78, 5) is 25.5. The lowest BCUT2D eigenvalue weighted by Crippen LogP contribution is -2.55. The van der Waals surface area contributed by atoms with Gasteiger partial charge >= 0.3 is 12.0 Å². The molecule has 0 bridgehead atoms. The van der Waals surface area contributed by atoms with Crippen molar-refractivity contribution >= 4 is 29.4 Å². The number of halogens is 2. The molecule has 0 unspecified atom stereocenters. The maximum absolute atomic E-state index is 12.4. The van der Waals surface area contributed by atoms with Crippen LogP contribution in [0.3, 0.4) is 0 Å². The minimum atomic E-state index is -2.51. The second-order valence-corrected chi connectivity index (χ2v) is 8.16. The van der Waals surface area contributed by atoms with E-state index in [2.05, 4.69) is 10.6 Å². The molecule has 2 amide bonds. The molecule has 1 aromatic rings. The molecule has 27 heavy (non-hydrogen) atoms. The molecule has 2 aliphatic carbocycles. The van der Waals surface area contributed by atoms with E-state index in [-0.39, 0.29) is 24.7 Å². The second kappa shape index (κ2) is 8.88. The van der Waals surface area contributed by atoms with Gasteiger partial charge < -0.3 is 15.7 Å². The van der Waals surface area contributed by atoms with Crippen molar-refractivity contribution in [2.45, 2.75) is 48.4 Å². The summed E-state index contributed by atoms with van der Waals surface area (Å²) in [5.74, 6) is -2.73. The highest BCUT2D eigenvalue weighted by Gasteiger charge is 2.37. The molecule has 0 heterocycles. The van der Waals surface area contributed by atoms with Crippen LogP contribution >= 0.6 is 11.8 Å². The number of carbonyl (C=O) groups is 2. The number of rotatable bonds is 9. The van der Waals surface area contributed by atoms with Crippen LogP contribution in [0.5, 0.6) is 0 Å². The zero-order chi connectivity index (χ0) is 19.4. The Morgan fingerprint density at radius 1 is 1.30 bits per heavy atom. The molecule has 0 aliphatic heterocycles. The van der Waals surface area contributed by atoms with Crippen molar-refractivity contribution in [1.82, 2.24) is 10.2 Å². The summed E-state index contributed by atoms with van der Waals surface area (Å²) >= 11 is 0.429. The van der Waals surface area contributed by atoms with Gasteiger partial charge in [0, 0.05) is 29.2 Å². The molecule has 0 atom stereocenters. The molecular weight excluding hydrogens is 376 g/mol. The van der Waals surface area contributed by atoms with Gasteiger partial charge in [0.25, 0.3) is 5.76 Å². The minimum absolute atomic E-state index is 0.0101. The molecule has 3 rings (SSSR count). The normalized spacial score (nSPS) is 21.8. The van der Waals surface area contributed by atoms with Crippen molar-refractivity contribution in [2.75, 3.05) is 18.4 Å². The second-order valence-electron chi connectivity index (χ2n) is 7.09. The van der Waals surface area contributed by atoms with Gasteiger partial charge in [0.1, 0.15) is 0 Å². The lowest BCUT2D eigenvalue weighted by Gasteiger charge is -2.42. The van der Waals surface area contributed by atoms with Crippen molar-refractivity contribution < 1.29 is 23.5 Å². The Kier molecular flexibility index (Phi) is 6.54. The lowest BCUT2D eigenvalue weighted by molar-refractivity contribution is -0.139. The first-order chi connectivity index (χ1) is 12.9. The Morgan fingerprint density at radius 2 is 2.04 bits per heavy atom. The van der Waals surface area contributed by atoms with E-state index in [9.17, 15) is 18.4 Å². The number of amides is 2. The smallest absolute Gasteiger partial charge is 0.319 e. The molecule has 3 N–H and O–H groups in total. The number of aliphatic carboxylic acids is 1. The first-order valence-corrected chi connectivity index (χ1v) is 9.85. The van der Waals surface area contributed by atoms with E-state index < -0.39 is 11.7 Å². The molecule has 2 aliphatic rings. The van der Waals surface area contributed by atoms with Crippen LogP contribution in [0.2, 0.25) is 0 Å². The number of nitrogens with zero attached hydrogens (tertiary/aromatic N) is 1. The van der Waals surface area contributed by atoms with E-state index in [1.54, 1.807) is 18.2 Å². The third kappa shape index (κ3) is 6.35. The number of carbonyl (C=O) groups excluding carboxylic acids is 1. The van der Waals surface area contributed by atoms with Gasteiger partial charge in [-0.05, 0) is 49.8 Å². The highest BCUT2D eigenvalue weighted by atomic mass is 32.2. The molecule has 2 fully saturated rings. The zero-order valence-corrected chi connectivity index (χ0v) is 15.6. The highest BCUT2D eigenvalue weighted by Crippen LogP contribution is 2.34. The molecule has 148 valence electrons. The summed E-state index contributed by atoms with van der Waals surface area (Å²) in [6, 6.07) is 6.11. The van der Waals surface area contributed by atoms with Gasteiger partial charge in [0.15, 0.2) is 0 Å². The Hall–Kier alpha value is -1.87. The molecule has 9 heteroatoms. The molecule has 1 aromatic carbocycles. The summed E-state index contributed by atoms with van der Waals surface area (Å²) in [6.45, 7) is 0.846. The fraction of sp³-hybridized carbons (Fsp3) is 0.556. The SMILES string of the molecule is O=C(O)CN(CC1CC1)C1CC(NC(=O)Nc2cccc(SC(F)F)c2)C1. The number of carboxylic acid groups (broad SMARTS) is 1. The number of thioether (sulfide) groups is 1. The topological polar surface area (TPSA) is 81.7 Å². The molecule has 0 spiro atoms. The van der Waals surface area contributed by atoms with Gasteiger partial charge in [-0.15, -0.1) is 0 Å². The van der Waals surface area contributed by atoms with Gasteiger partial charge in [-0.1, -0.05) is 17.8 Å². The average molecular weight is 399 g/mol. The molecular formula is C18H23F2N3O3S. The number of carboxylic acids is 1. The maximum atomic E-state index is 12.4. The van der Waals surface area contributed by atoms with Crippen LogP contribution in [0.1, 0.15) is 25.7 Å². The van der Waals surface area contributed by atoms with Crippen LogP contribution in [0.25, 0.3) is 0 Å². The first kappa shape index (κ1) is 19.9. The number of benzene rings is 1. The van der Waals surface area contributed by atoms with E-state index in [4.69, 9.17) is 5.11 Å². The van der Waals surface area contributed by atoms with Crippen LogP contribution < -0.4 is 10.6 Å². The summed E-state index contributed by atoms with van der Waals surface area (Å²) in [6.07, 6.45) is 3.76. The lowest BCUT2D eigenvalue weighted by atomic mass is 9.85. The fourth-order valence-corrected chi connectivity index (χ4v) is 3.81. The quantitative estimate of drug-likeness (QED) is 0.554.